The molecule has 0 saturated heterocycles. The van der Waals surface area contributed by atoms with Gasteiger partial charge < -0.3 is 15.6 Å². The van der Waals surface area contributed by atoms with Crippen LogP contribution in [-0.4, -0.2) is 34.4 Å². The predicted octanol–water partition coefficient (Wildman–Crippen LogP) is 3.70. The fraction of sp³-hybridized carbons (Fsp3) is 0.292. The van der Waals surface area contributed by atoms with Crippen molar-refractivity contribution in [3.8, 4) is 22.5 Å². The predicted molar refractivity (Wildman–Crippen MR) is 115 cm³/mol. The number of aromatic amines is 1. The average molecular weight is 400 g/mol. The summed E-state index contributed by atoms with van der Waals surface area (Å²) < 4.78 is 0. The summed E-state index contributed by atoms with van der Waals surface area (Å²) in [5.41, 5.74) is 5.88. The number of hydrogen-bond acceptors (Lipinski definition) is 3. The van der Waals surface area contributed by atoms with Crippen molar-refractivity contribution in [2.75, 3.05) is 6.54 Å². The van der Waals surface area contributed by atoms with Crippen molar-refractivity contribution in [2.45, 2.75) is 38.1 Å². The first-order valence-electron chi connectivity index (χ1n) is 10.6. The second kappa shape index (κ2) is 7.78. The van der Waals surface area contributed by atoms with Gasteiger partial charge in [0.1, 0.15) is 0 Å². The number of nitrogens with one attached hydrogen (secondary N) is 3. The number of carbonyl (C=O) groups excluding carboxylic acids is 2. The Hall–Kier alpha value is -3.41. The summed E-state index contributed by atoms with van der Waals surface area (Å²) in [5.74, 6) is -0.0584. The van der Waals surface area contributed by atoms with E-state index in [4.69, 9.17) is 0 Å². The number of benzene rings is 1. The molecule has 0 unspecified atom stereocenters. The van der Waals surface area contributed by atoms with Gasteiger partial charge in [-0.1, -0.05) is 25.0 Å². The Morgan fingerprint density at radius 1 is 1.07 bits per heavy atom. The van der Waals surface area contributed by atoms with Crippen LogP contribution in [0.1, 0.15) is 52.1 Å². The van der Waals surface area contributed by atoms with Gasteiger partial charge >= 0.3 is 0 Å². The summed E-state index contributed by atoms with van der Waals surface area (Å²) in [4.78, 5) is 32.6. The maximum Gasteiger partial charge on any atom is 0.253 e. The Bertz CT molecular complexity index is 1110. The lowest BCUT2D eigenvalue weighted by molar-refractivity contribution is 0.0932. The number of rotatable bonds is 4. The standard InChI is InChI=1S/C24H24N4O2/c29-23(27-18-6-1-2-7-18)17-5-3-4-15(12-17)21-13-16(8-10-25-21)22-14-19-20(28-22)9-11-26-24(19)30/h3-5,8,10,12-14,18,28H,1-2,6-7,9,11H2,(H,26,30)(H,27,29). The van der Waals surface area contributed by atoms with E-state index in [1.54, 1.807) is 6.20 Å². The summed E-state index contributed by atoms with van der Waals surface area (Å²) in [6.07, 6.45) is 7.06. The quantitative estimate of drug-likeness (QED) is 0.624. The van der Waals surface area contributed by atoms with Gasteiger partial charge in [0.2, 0.25) is 0 Å². The molecular weight excluding hydrogens is 376 g/mol. The number of fused-ring (bicyclic) bond motifs is 1. The van der Waals surface area contributed by atoms with E-state index in [-0.39, 0.29) is 11.8 Å². The third-order valence-electron chi connectivity index (χ3n) is 5.99. The summed E-state index contributed by atoms with van der Waals surface area (Å²) in [6.45, 7) is 0.656. The van der Waals surface area contributed by atoms with Crippen LogP contribution in [0, 0.1) is 0 Å². The van der Waals surface area contributed by atoms with Crippen molar-refractivity contribution < 1.29 is 9.59 Å². The van der Waals surface area contributed by atoms with E-state index in [2.05, 4.69) is 20.6 Å². The minimum atomic E-state index is -0.0333. The Morgan fingerprint density at radius 3 is 2.77 bits per heavy atom. The molecule has 5 rings (SSSR count). The van der Waals surface area contributed by atoms with Crippen LogP contribution < -0.4 is 10.6 Å². The van der Waals surface area contributed by atoms with Gasteiger partial charge in [-0.05, 0) is 43.2 Å². The highest BCUT2D eigenvalue weighted by Crippen LogP contribution is 2.27. The summed E-state index contributed by atoms with van der Waals surface area (Å²) in [7, 11) is 0. The smallest absolute Gasteiger partial charge is 0.253 e. The monoisotopic (exact) mass is 400 g/mol. The van der Waals surface area contributed by atoms with E-state index >= 15 is 0 Å². The van der Waals surface area contributed by atoms with E-state index in [1.165, 1.54) is 12.8 Å². The molecule has 152 valence electrons. The molecule has 3 heterocycles. The first-order chi connectivity index (χ1) is 14.7. The second-order valence-electron chi connectivity index (χ2n) is 8.05. The number of aromatic nitrogens is 2. The van der Waals surface area contributed by atoms with Crippen LogP contribution in [-0.2, 0) is 6.42 Å². The molecule has 3 aromatic rings. The van der Waals surface area contributed by atoms with Crippen molar-refractivity contribution in [2.24, 2.45) is 0 Å². The molecule has 0 spiro atoms. The zero-order valence-electron chi connectivity index (χ0n) is 16.7. The van der Waals surface area contributed by atoms with Gasteiger partial charge in [-0.15, -0.1) is 0 Å². The lowest BCUT2D eigenvalue weighted by Crippen LogP contribution is -2.32. The van der Waals surface area contributed by atoms with Crippen LogP contribution in [0.4, 0.5) is 0 Å². The minimum Gasteiger partial charge on any atom is -0.358 e. The van der Waals surface area contributed by atoms with Gasteiger partial charge in [-0.25, -0.2) is 0 Å². The molecule has 0 bridgehead atoms. The highest BCUT2D eigenvalue weighted by molar-refractivity contribution is 5.98. The normalized spacial score (nSPS) is 16.2. The molecule has 2 amide bonds. The molecule has 1 aromatic carbocycles. The topological polar surface area (TPSA) is 86.9 Å². The maximum absolute atomic E-state index is 12.6. The molecule has 2 aliphatic rings. The second-order valence-corrected chi connectivity index (χ2v) is 8.05. The third kappa shape index (κ3) is 3.61. The number of pyridine rings is 1. The molecule has 6 nitrogen and oxygen atoms in total. The number of H-pyrrole nitrogens is 1. The van der Waals surface area contributed by atoms with E-state index in [1.807, 2.05) is 42.5 Å². The van der Waals surface area contributed by atoms with E-state index in [0.717, 1.165) is 47.5 Å². The van der Waals surface area contributed by atoms with Crippen molar-refractivity contribution in [3.63, 3.8) is 0 Å². The average Bonchev–Trinajstić information content (AvgIpc) is 3.44. The van der Waals surface area contributed by atoms with Crippen LogP contribution in [0.3, 0.4) is 0 Å². The third-order valence-corrected chi connectivity index (χ3v) is 5.99. The van der Waals surface area contributed by atoms with Gasteiger partial charge in [-0.3, -0.25) is 14.6 Å². The number of hydrogen-bond donors (Lipinski definition) is 3. The van der Waals surface area contributed by atoms with Gasteiger partial charge in [0.15, 0.2) is 0 Å². The molecule has 30 heavy (non-hydrogen) atoms. The first kappa shape index (κ1) is 18.6. The Kier molecular flexibility index (Phi) is 4.83. The molecule has 1 fully saturated rings. The van der Waals surface area contributed by atoms with Gasteiger partial charge in [0, 0.05) is 53.3 Å². The highest BCUT2D eigenvalue weighted by Gasteiger charge is 2.21. The summed E-state index contributed by atoms with van der Waals surface area (Å²) in [5, 5.41) is 6.01. The summed E-state index contributed by atoms with van der Waals surface area (Å²) >= 11 is 0. The SMILES string of the molecule is O=C(NC1CCCC1)c1cccc(-c2cc(-c3cc4c([nH]3)CCNC4=O)ccn2)c1. The highest BCUT2D eigenvalue weighted by atomic mass is 16.2. The molecule has 0 atom stereocenters. The Balaban J connectivity index is 1.42. The van der Waals surface area contributed by atoms with Gasteiger partial charge in [0.25, 0.3) is 11.8 Å². The van der Waals surface area contributed by atoms with Crippen LogP contribution in [0.2, 0.25) is 0 Å². The van der Waals surface area contributed by atoms with Crippen LogP contribution in [0.25, 0.3) is 22.5 Å². The van der Waals surface area contributed by atoms with E-state index in [0.29, 0.717) is 23.7 Å². The minimum absolute atomic E-state index is 0.0250. The fourth-order valence-corrected chi connectivity index (χ4v) is 4.36. The maximum atomic E-state index is 12.6. The fourth-order valence-electron chi connectivity index (χ4n) is 4.36. The Morgan fingerprint density at radius 2 is 1.93 bits per heavy atom. The van der Waals surface area contributed by atoms with E-state index < -0.39 is 0 Å². The van der Waals surface area contributed by atoms with Gasteiger partial charge in [-0.2, -0.15) is 0 Å². The van der Waals surface area contributed by atoms with Crippen LogP contribution in [0.15, 0.2) is 48.7 Å². The molecule has 0 radical (unpaired) electrons. The lowest BCUT2D eigenvalue weighted by Gasteiger charge is -2.12. The molecule has 1 aliphatic heterocycles. The number of amides is 2. The Labute approximate surface area is 175 Å². The first-order valence-corrected chi connectivity index (χ1v) is 10.6. The van der Waals surface area contributed by atoms with E-state index in [9.17, 15) is 9.59 Å². The molecule has 3 N–H and O–H groups in total. The van der Waals surface area contributed by atoms with Crippen molar-refractivity contribution in [3.05, 3.63) is 65.5 Å². The molecule has 1 aliphatic carbocycles. The summed E-state index contributed by atoms with van der Waals surface area (Å²) in [6, 6.07) is 13.7. The molecule has 2 aromatic heterocycles. The van der Waals surface area contributed by atoms with Crippen molar-refractivity contribution in [1.82, 2.24) is 20.6 Å². The number of carbonyl (C=O) groups is 2. The molecule has 6 heteroatoms. The zero-order chi connectivity index (χ0) is 20.5. The largest absolute Gasteiger partial charge is 0.358 e. The zero-order valence-corrected chi connectivity index (χ0v) is 16.7. The van der Waals surface area contributed by atoms with Crippen LogP contribution >= 0.6 is 0 Å². The molecular formula is C24H24N4O2. The number of nitrogens with zero attached hydrogens (tertiary/aromatic N) is 1. The van der Waals surface area contributed by atoms with Crippen LogP contribution in [0.5, 0.6) is 0 Å². The van der Waals surface area contributed by atoms with Gasteiger partial charge in [0.05, 0.1) is 11.3 Å². The lowest BCUT2D eigenvalue weighted by atomic mass is 10.0. The van der Waals surface area contributed by atoms with Crippen molar-refractivity contribution >= 4 is 11.8 Å². The molecule has 1 saturated carbocycles. The van der Waals surface area contributed by atoms with Crippen molar-refractivity contribution in [1.29, 1.82) is 0 Å².